The Balaban J connectivity index is 2.07. The van der Waals surface area contributed by atoms with Gasteiger partial charge >= 0.3 is 0 Å². The maximum Gasteiger partial charge on any atom is 0.258 e. The average molecular weight is 264 g/mol. The first-order valence-electron chi connectivity index (χ1n) is 6.62. The summed E-state index contributed by atoms with van der Waals surface area (Å²) in [4.78, 5) is 4.52. The molecule has 0 atom stereocenters. The van der Waals surface area contributed by atoms with E-state index in [2.05, 4.69) is 43.0 Å². The van der Waals surface area contributed by atoms with E-state index in [4.69, 9.17) is 4.52 Å². The van der Waals surface area contributed by atoms with E-state index in [0.29, 0.717) is 11.7 Å². The normalized spacial score (nSPS) is 10.8. The lowest BCUT2D eigenvalue weighted by Gasteiger charge is -2.06. The van der Waals surface area contributed by atoms with Crippen LogP contribution in [0.1, 0.15) is 16.7 Å². The quantitative estimate of drug-likeness (QED) is 0.691. The number of hydrogen-bond acceptors (Lipinski definition) is 3. The van der Waals surface area contributed by atoms with Crippen LogP contribution < -0.4 is 0 Å². The molecule has 1 heterocycles. The largest absolute Gasteiger partial charge is 0.334 e. The smallest absolute Gasteiger partial charge is 0.258 e. The SMILES string of the molecule is Cc1cc(C)c(-c2noc(-c3ccccc3)n2)c(C)c1. The first-order chi connectivity index (χ1) is 9.65. The van der Waals surface area contributed by atoms with E-state index in [0.717, 1.165) is 11.1 Å². The molecule has 2 aromatic carbocycles. The van der Waals surface area contributed by atoms with Gasteiger partial charge in [-0.2, -0.15) is 4.98 Å². The molecule has 0 fully saturated rings. The van der Waals surface area contributed by atoms with Crippen LogP contribution in [0, 0.1) is 20.8 Å². The van der Waals surface area contributed by atoms with Crippen molar-refractivity contribution in [2.45, 2.75) is 20.8 Å². The Morgan fingerprint density at radius 1 is 0.900 bits per heavy atom. The highest BCUT2D eigenvalue weighted by atomic mass is 16.5. The minimum atomic E-state index is 0.556. The summed E-state index contributed by atoms with van der Waals surface area (Å²) in [6.45, 7) is 6.25. The highest BCUT2D eigenvalue weighted by Gasteiger charge is 2.14. The van der Waals surface area contributed by atoms with E-state index in [1.165, 1.54) is 16.7 Å². The minimum Gasteiger partial charge on any atom is -0.334 e. The third-order valence-electron chi connectivity index (χ3n) is 3.35. The van der Waals surface area contributed by atoms with Crippen LogP contribution in [-0.4, -0.2) is 10.1 Å². The van der Waals surface area contributed by atoms with Crippen LogP contribution in [0.5, 0.6) is 0 Å². The van der Waals surface area contributed by atoms with Crippen molar-refractivity contribution in [1.29, 1.82) is 0 Å². The standard InChI is InChI=1S/C17H16N2O/c1-11-9-12(2)15(13(3)10-11)16-18-17(20-19-16)14-7-5-4-6-8-14/h4-10H,1-3H3. The highest BCUT2D eigenvalue weighted by molar-refractivity contribution is 5.66. The van der Waals surface area contributed by atoms with E-state index in [1.807, 2.05) is 30.3 Å². The number of hydrogen-bond donors (Lipinski definition) is 0. The zero-order chi connectivity index (χ0) is 14.1. The molecular weight excluding hydrogens is 248 g/mol. The van der Waals surface area contributed by atoms with Crippen LogP contribution >= 0.6 is 0 Å². The number of aryl methyl sites for hydroxylation is 3. The zero-order valence-corrected chi connectivity index (χ0v) is 11.8. The molecule has 0 spiro atoms. The number of benzene rings is 2. The maximum absolute atomic E-state index is 5.38. The first-order valence-corrected chi connectivity index (χ1v) is 6.62. The molecule has 3 heteroatoms. The lowest BCUT2D eigenvalue weighted by Crippen LogP contribution is -1.91. The Morgan fingerprint density at radius 2 is 1.55 bits per heavy atom. The summed E-state index contributed by atoms with van der Waals surface area (Å²) in [6, 6.07) is 14.1. The second-order valence-corrected chi connectivity index (χ2v) is 5.06. The van der Waals surface area contributed by atoms with Crippen molar-refractivity contribution in [3.05, 3.63) is 59.2 Å². The van der Waals surface area contributed by atoms with Gasteiger partial charge in [0.05, 0.1) is 0 Å². The molecule has 3 nitrogen and oxygen atoms in total. The van der Waals surface area contributed by atoms with Crippen LogP contribution in [-0.2, 0) is 0 Å². The van der Waals surface area contributed by atoms with Gasteiger partial charge in [0.15, 0.2) is 0 Å². The van der Waals surface area contributed by atoms with Gasteiger partial charge in [0.25, 0.3) is 5.89 Å². The highest BCUT2D eigenvalue weighted by Crippen LogP contribution is 2.28. The Labute approximate surface area is 118 Å². The fraction of sp³-hybridized carbons (Fsp3) is 0.176. The molecule has 0 saturated heterocycles. The molecule has 0 radical (unpaired) electrons. The topological polar surface area (TPSA) is 38.9 Å². The molecule has 3 rings (SSSR count). The summed E-state index contributed by atoms with van der Waals surface area (Å²) >= 11 is 0. The molecule has 0 aliphatic rings. The van der Waals surface area contributed by atoms with Crippen LogP contribution in [0.2, 0.25) is 0 Å². The second kappa shape index (κ2) is 4.93. The maximum atomic E-state index is 5.38. The lowest BCUT2D eigenvalue weighted by atomic mass is 9.99. The first kappa shape index (κ1) is 12.6. The monoisotopic (exact) mass is 264 g/mol. The van der Waals surface area contributed by atoms with Crippen molar-refractivity contribution >= 4 is 0 Å². The van der Waals surface area contributed by atoms with E-state index in [9.17, 15) is 0 Å². The zero-order valence-electron chi connectivity index (χ0n) is 11.8. The number of nitrogens with zero attached hydrogens (tertiary/aromatic N) is 2. The van der Waals surface area contributed by atoms with Crippen molar-refractivity contribution in [1.82, 2.24) is 10.1 Å². The van der Waals surface area contributed by atoms with Crippen molar-refractivity contribution < 1.29 is 4.52 Å². The van der Waals surface area contributed by atoms with Gasteiger partial charge in [-0.1, -0.05) is 41.1 Å². The van der Waals surface area contributed by atoms with E-state index in [1.54, 1.807) is 0 Å². The lowest BCUT2D eigenvalue weighted by molar-refractivity contribution is 0.432. The predicted molar refractivity (Wildman–Crippen MR) is 79.4 cm³/mol. The van der Waals surface area contributed by atoms with E-state index < -0.39 is 0 Å². The molecule has 0 saturated carbocycles. The minimum absolute atomic E-state index is 0.556. The Bertz CT molecular complexity index is 722. The molecule has 0 amide bonds. The third kappa shape index (κ3) is 2.23. The van der Waals surface area contributed by atoms with E-state index in [-0.39, 0.29) is 0 Å². The molecule has 0 N–H and O–H groups in total. The summed E-state index contributed by atoms with van der Waals surface area (Å²) in [5.41, 5.74) is 5.58. The molecule has 1 aromatic heterocycles. The van der Waals surface area contributed by atoms with Gasteiger partial charge in [-0.05, 0) is 44.0 Å². The van der Waals surface area contributed by atoms with Crippen molar-refractivity contribution in [2.24, 2.45) is 0 Å². The molecule has 100 valence electrons. The van der Waals surface area contributed by atoms with Crippen LogP contribution in [0.15, 0.2) is 47.0 Å². The summed E-state index contributed by atoms with van der Waals surface area (Å²) in [7, 11) is 0. The molecule has 0 aliphatic heterocycles. The number of rotatable bonds is 2. The molecule has 0 aliphatic carbocycles. The van der Waals surface area contributed by atoms with Crippen LogP contribution in [0.3, 0.4) is 0 Å². The molecule has 0 unspecified atom stereocenters. The van der Waals surface area contributed by atoms with Gasteiger partial charge in [-0.15, -0.1) is 0 Å². The molecule has 3 aromatic rings. The fourth-order valence-electron chi connectivity index (χ4n) is 2.56. The van der Waals surface area contributed by atoms with Crippen LogP contribution in [0.4, 0.5) is 0 Å². The average Bonchev–Trinajstić information content (AvgIpc) is 2.88. The third-order valence-corrected chi connectivity index (χ3v) is 3.35. The summed E-state index contributed by atoms with van der Waals surface area (Å²) in [6.07, 6.45) is 0. The van der Waals surface area contributed by atoms with Gasteiger partial charge in [0.1, 0.15) is 0 Å². The summed E-state index contributed by atoms with van der Waals surface area (Å²) in [5.74, 6) is 1.21. The van der Waals surface area contributed by atoms with Crippen molar-refractivity contribution in [2.75, 3.05) is 0 Å². The molecule has 0 bridgehead atoms. The number of aromatic nitrogens is 2. The molecular formula is C17H16N2O. The second-order valence-electron chi connectivity index (χ2n) is 5.06. The van der Waals surface area contributed by atoms with E-state index >= 15 is 0 Å². The van der Waals surface area contributed by atoms with Crippen molar-refractivity contribution in [3.63, 3.8) is 0 Å². The molecule has 20 heavy (non-hydrogen) atoms. The predicted octanol–water partition coefficient (Wildman–Crippen LogP) is 4.33. The van der Waals surface area contributed by atoms with Gasteiger partial charge in [0, 0.05) is 11.1 Å². The van der Waals surface area contributed by atoms with Crippen molar-refractivity contribution in [3.8, 4) is 22.8 Å². The Morgan fingerprint density at radius 3 is 2.20 bits per heavy atom. The Kier molecular flexibility index (Phi) is 3.11. The van der Waals surface area contributed by atoms with Gasteiger partial charge < -0.3 is 4.52 Å². The van der Waals surface area contributed by atoms with Gasteiger partial charge in [-0.3, -0.25) is 0 Å². The van der Waals surface area contributed by atoms with Crippen LogP contribution in [0.25, 0.3) is 22.8 Å². The fourth-order valence-corrected chi connectivity index (χ4v) is 2.56. The van der Waals surface area contributed by atoms with Gasteiger partial charge in [0.2, 0.25) is 5.82 Å². The Hall–Kier alpha value is -2.42. The van der Waals surface area contributed by atoms with Gasteiger partial charge in [-0.25, -0.2) is 0 Å². The summed E-state index contributed by atoms with van der Waals surface area (Å²) in [5, 5.41) is 4.13. The summed E-state index contributed by atoms with van der Waals surface area (Å²) < 4.78 is 5.38.